The Bertz CT molecular complexity index is 528. The number of fused-ring (bicyclic) bond motifs is 1. The zero-order chi connectivity index (χ0) is 16.2. The fraction of sp³-hybridized carbons (Fsp3) is 0.588. The van der Waals surface area contributed by atoms with E-state index < -0.39 is 6.10 Å². The van der Waals surface area contributed by atoms with Crippen LogP contribution in [0.3, 0.4) is 0 Å². The molecule has 0 bridgehead atoms. The molecule has 4 N–H and O–H groups in total. The van der Waals surface area contributed by atoms with Crippen molar-refractivity contribution in [1.82, 2.24) is 10.2 Å². The van der Waals surface area contributed by atoms with E-state index in [4.69, 9.17) is 5.73 Å². The molecule has 6 heteroatoms. The van der Waals surface area contributed by atoms with Crippen LogP contribution in [0.2, 0.25) is 0 Å². The number of hydrogen-bond donors (Lipinski definition) is 3. The standard InChI is InChI=1S/C17H28N4O.HI/c1-17(2,3)20-16(18)19-10-15(22)12-21-9-8-13-6-4-5-7-14(13)11-21;/h4-7,15,22H,8-12H2,1-3H3,(H3,18,19,20);1H. The van der Waals surface area contributed by atoms with E-state index in [1.165, 1.54) is 11.1 Å². The zero-order valence-corrected chi connectivity index (χ0v) is 16.6. The second kappa shape index (κ2) is 8.84. The number of hydrogen-bond acceptors (Lipinski definition) is 3. The molecular weight excluding hydrogens is 403 g/mol. The number of nitrogens with two attached hydrogens (primary N) is 1. The highest BCUT2D eigenvalue weighted by Gasteiger charge is 2.18. The summed E-state index contributed by atoms with van der Waals surface area (Å²) in [6, 6.07) is 8.51. The van der Waals surface area contributed by atoms with Crippen molar-refractivity contribution in [3.05, 3.63) is 35.4 Å². The molecule has 0 fully saturated rings. The molecule has 1 aliphatic heterocycles. The van der Waals surface area contributed by atoms with Gasteiger partial charge in [0, 0.05) is 25.2 Å². The normalized spacial score (nSPS) is 17.1. The van der Waals surface area contributed by atoms with Gasteiger partial charge in [-0.25, -0.2) is 0 Å². The monoisotopic (exact) mass is 432 g/mol. The third-order valence-electron chi connectivity index (χ3n) is 3.65. The number of aliphatic hydroxyl groups excluding tert-OH is 1. The second-order valence-electron chi connectivity index (χ2n) is 7.01. The Kier molecular flexibility index (Phi) is 7.76. The van der Waals surface area contributed by atoms with E-state index in [2.05, 4.69) is 39.5 Å². The third-order valence-corrected chi connectivity index (χ3v) is 3.65. The smallest absolute Gasteiger partial charge is 0.189 e. The van der Waals surface area contributed by atoms with E-state index in [-0.39, 0.29) is 29.5 Å². The van der Waals surface area contributed by atoms with Crippen molar-refractivity contribution in [2.45, 2.75) is 45.4 Å². The highest BCUT2D eigenvalue weighted by molar-refractivity contribution is 14.0. The maximum atomic E-state index is 10.2. The van der Waals surface area contributed by atoms with Gasteiger partial charge in [0.15, 0.2) is 5.96 Å². The molecule has 0 saturated heterocycles. The van der Waals surface area contributed by atoms with Crippen molar-refractivity contribution < 1.29 is 5.11 Å². The van der Waals surface area contributed by atoms with Crippen LogP contribution in [0.1, 0.15) is 31.9 Å². The van der Waals surface area contributed by atoms with E-state index in [0.29, 0.717) is 19.0 Å². The second-order valence-corrected chi connectivity index (χ2v) is 7.01. The molecule has 1 atom stereocenters. The summed E-state index contributed by atoms with van der Waals surface area (Å²) in [5.41, 5.74) is 8.48. The molecule has 23 heavy (non-hydrogen) atoms. The van der Waals surface area contributed by atoms with Crippen molar-refractivity contribution in [3.63, 3.8) is 0 Å². The molecule has 1 unspecified atom stereocenters. The van der Waals surface area contributed by atoms with Gasteiger partial charge < -0.3 is 16.2 Å². The van der Waals surface area contributed by atoms with Crippen molar-refractivity contribution in [2.24, 2.45) is 10.7 Å². The third kappa shape index (κ3) is 7.05. The number of β-amino-alcohol motifs (C(OH)–C–C–N with tert-alkyl or cyclic N) is 1. The minimum absolute atomic E-state index is 0. The SMILES string of the molecule is CC(C)(C)NC(N)=NCC(O)CN1CCc2ccccc2C1.I. The molecular formula is C17H29IN4O. The van der Waals surface area contributed by atoms with Crippen molar-refractivity contribution in [2.75, 3.05) is 19.6 Å². The summed E-state index contributed by atoms with van der Waals surface area (Å²) in [5, 5.41) is 13.3. The fourth-order valence-corrected chi connectivity index (χ4v) is 2.69. The molecule has 0 saturated carbocycles. The van der Waals surface area contributed by atoms with Crippen LogP contribution >= 0.6 is 24.0 Å². The summed E-state index contributed by atoms with van der Waals surface area (Å²) in [6.07, 6.45) is 0.547. The predicted octanol–water partition coefficient (Wildman–Crippen LogP) is 1.73. The molecule has 5 nitrogen and oxygen atoms in total. The van der Waals surface area contributed by atoms with Gasteiger partial charge in [-0.3, -0.25) is 9.89 Å². The first-order valence-electron chi connectivity index (χ1n) is 7.89. The van der Waals surface area contributed by atoms with E-state index in [1.54, 1.807) is 0 Å². The first-order valence-corrected chi connectivity index (χ1v) is 7.89. The zero-order valence-electron chi connectivity index (χ0n) is 14.2. The quantitative estimate of drug-likeness (QED) is 0.385. The van der Waals surface area contributed by atoms with Gasteiger partial charge in [-0.1, -0.05) is 24.3 Å². The Morgan fingerprint density at radius 3 is 2.65 bits per heavy atom. The Hall–Kier alpha value is -0.860. The van der Waals surface area contributed by atoms with E-state index in [1.807, 2.05) is 20.8 Å². The number of nitrogens with zero attached hydrogens (tertiary/aromatic N) is 2. The minimum Gasteiger partial charge on any atom is -0.390 e. The largest absolute Gasteiger partial charge is 0.390 e. The van der Waals surface area contributed by atoms with Crippen LogP contribution in [0.5, 0.6) is 0 Å². The van der Waals surface area contributed by atoms with Gasteiger partial charge in [0.05, 0.1) is 12.6 Å². The van der Waals surface area contributed by atoms with Gasteiger partial charge in [0.2, 0.25) is 0 Å². The highest BCUT2D eigenvalue weighted by atomic mass is 127. The summed E-state index contributed by atoms with van der Waals surface area (Å²) in [4.78, 5) is 6.50. The first kappa shape index (κ1) is 20.2. The maximum absolute atomic E-state index is 10.2. The first-order chi connectivity index (χ1) is 10.3. The lowest BCUT2D eigenvalue weighted by molar-refractivity contribution is 0.111. The number of rotatable bonds is 4. The minimum atomic E-state index is -0.495. The molecule has 1 heterocycles. The molecule has 0 aliphatic carbocycles. The summed E-state index contributed by atoms with van der Waals surface area (Å²) in [7, 11) is 0. The number of aliphatic imine (C=N–C) groups is 1. The van der Waals surface area contributed by atoms with E-state index in [9.17, 15) is 5.11 Å². The van der Waals surface area contributed by atoms with Crippen LogP contribution in [0.4, 0.5) is 0 Å². The average Bonchev–Trinajstić information content (AvgIpc) is 2.43. The summed E-state index contributed by atoms with van der Waals surface area (Å²) >= 11 is 0. The van der Waals surface area contributed by atoms with Crippen molar-refractivity contribution in [1.29, 1.82) is 0 Å². The van der Waals surface area contributed by atoms with E-state index in [0.717, 1.165) is 19.5 Å². The van der Waals surface area contributed by atoms with Gasteiger partial charge in [-0.05, 0) is 38.3 Å². The van der Waals surface area contributed by atoms with Gasteiger partial charge >= 0.3 is 0 Å². The topological polar surface area (TPSA) is 73.9 Å². The maximum Gasteiger partial charge on any atom is 0.189 e. The Labute approximate surface area is 156 Å². The van der Waals surface area contributed by atoms with Crippen LogP contribution in [-0.2, 0) is 13.0 Å². The van der Waals surface area contributed by atoms with Gasteiger partial charge in [-0.15, -0.1) is 24.0 Å². The summed E-state index contributed by atoms with van der Waals surface area (Å²) in [6.45, 7) is 8.90. The molecule has 1 aliphatic rings. The average molecular weight is 432 g/mol. The van der Waals surface area contributed by atoms with Gasteiger partial charge in [0.25, 0.3) is 0 Å². The van der Waals surface area contributed by atoms with Crippen LogP contribution in [0.25, 0.3) is 0 Å². The molecule has 0 aromatic heterocycles. The highest BCUT2D eigenvalue weighted by Crippen LogP contribution is 2.18. The van der Waals surface area contributed by atoms with Crippen LogP contribution < -0.4 is 11.1 Å². The van der Waals surface area contributed by atoms with Crippen LogP contribution in [-0.4, -0.2) is 47.2 Å². The number of nitrogens with one attached hydrogen (secondary N) is 1. The number of guanidine groups is 1. The molecule has 1 aromatic rings. The molecule has 0 spiro atoms. The van der Waals surface area contributed by atoms with Gasteiger partial charge in [0.1, 0.15) is 0 Å². The molecule has 0 radical (unpaired) electrons. The Morgan fingerprint density at radius 2 is 2.00 bits per heavy atom. The van der Waals surface area contributed by atoms with Crippen LogP contribution in [0, 0.1) is 0 Å². The lowest BCUT2D eigenvalue weighted by Gasteiger charge is -2.30. The summed E-state index contributed by atoms with van der Waals surface area (Å²) < 4.78 is 0. The number of aliphatic hydroxyl groups is 1. The van der Waals surface area contributed by atoms with Crippen LogP contribution in [0.15, 0.2) is 29.3 Å². The predicted molar refractivity (Wildman–Crippen MR) is 106 cm³/mol. The lowest BCUT2D eigenvalue weighted by atomic mass is 10.00. The Balaban J connectivity index is 0.00000264. The molecule has 130 valence electrons. The summed E-state index contributed by atoms with van der Waals surface area (Å²) in [5.74, 6) is 0.385. The fourth-order valence-electron chi connectivity index (χ4n) is 2.69. The van der Waals surface area contributed by atoms with Crippen molar-refractivity contribution in [3.8, 4) is 0 Å². The molecule has 0 amide bonds. The number of halogens is 1. The lowest BCUT2D eigenvalue weighted by Crippen LogP contribution is -2.45. The van der Waals surface area contributed by atoms with E-state index >= 15 is 0 Å². The molecule has 1 aromatic carbocycles. The van der Waals surface area contributed by atoms with Gasteiger partial charge in [-0.2, -0.15) is 0 Å². The van der Waals surface area contributed by atoms with Crippen molar-refractivity contribution >= 4 is 29.9 Å². The Morgan fingerprint density at radius 1 is 1.35 bits per heavy atom. The number of benzene rings is 1. The molecule has 2 rings (SSSR count).